The number of rotatable bonds is 6. The van der Waals surface area contributed by atoms with Gasteiger partial charge in [0.15, 0.2) is 5.96 Å². The summed E-state index contributed by atoms with van der Waals surface area (Å²) >= 11 is 0. The number of morpholine rings is 1. The average Bonchev–Trinajstić information content (AvgIpc) is 2.63. The number of alkyl halides is 2. The fraction of sp³-hybridized carbons (Fsp3) is 0.933. The third kappa shape index (κ3) is 6.91. The summed E-state index contributed by atoms with van der Waals surface area (Å²) in [6, 6.07) is 0. The lowest BCUT2D eigenvalue weighted by atomic mass is 9.98. The number of piperidine rings is 1. The number of aliphatic imine (C=N–C) groups is 1. The van der Waals surface area contributed by atoms with Gasteiger partial charge in [-0.25, -0.2) is 8.42 Å². The van der Waals surface area contributed by atoms with Crippen LogP contribution in [0.25, 0.3) is 0 Å². The van der Waals surface area contributed by atoms with Crippen molar-refractivity contribution >= 4 is 40.0 Å². The Hall–Kier alpha value is -0.310. The highest BCUT2D eigenvalue weighted by Crippen LogP contribution is 2.22. The Kier molecular flexibility index (Phi) is 10.7. The van der Waals surface area contributed by atoms with Crippen LogP contribution in [0.3, 0.4) is 0 Å². The van der Waals surface area contributed by atoms with Crippen molar-refractivity contribution < 1.29 is 26.7 Å². The van der Waals surface area contributed by atoms with Gasteiger partial charge in [0.2, 0.25) is 0 Å². The Bertz CT molecular complexity index is 572. The van der Waals surface area contributed by atoms with E-state index in [1.54, 1.807) is 14.2 Å². The number of ether oxygens (including phenoxy) is 2. The highest BCUT2D eigenvalue weighted by atomic mass is 127. The molecule has 2 saturated heterocycles. The van der Waals surface area contributed by atoms with Gasteiger partial charge >= 0.3 is 5.76 Å². The molecule has 0 aliphatic carbocycles. The molecule has 0 saturated carbocycles. The highest BCUT2D eigenvalue weighted by Gasteiger charge is 2.34. The molecular formula is C15H29F2IN4O4S. The maximum atomic E-state index is 12.6. The first-order valence-electron chi connectivity index (χ1n) is 8.71. The second-order valence-corrected chi connectivity index (χ2v) is 8.37. The number of nitrogens with zero attached hydrogens (tertiary/aromatic N) is 3. The zero-order chi connectivity index (χ0) is 19.2. The minimum absolute atomic E-state index is 0. The van der Waals surface area contributed by atoms with Crippen LogP contribution in [-0.4, -0.2) is 95.5 Å². The number of nitrogens with one attached hydrogen (secondary N) is 1. The van der Waals surface area contributed by atoms with E-state index in [1.807, 2.05) is 0 Å². The number of hydrogen-bond donors (Lipinski definition) is 1. The quantitative estimate of drug-likeness (QED) is 0.313. The number of halogens is 3. The van der Waals surface area contributed by atoms with Gasteiger partial charge < -0.3 is 19.7 Å². The summed E-state index contributed by atoms with van der Waals surface area (Å²) < 4.78 is 59.9. The molecule has 2 heterocycles. The Labute approximate surface area is 176 Å². The molecule has 8 nitrogen and oxygen atoms in total. The first-order chi connectivity index (χ1) is 12.4. The fourth-order valence-corrected chi connectivity index (χ4v) is 4.19. The molecule has 1 unspecified atom stereocenters. The van der Waals surface area contributed by atoms with Crippen LogP contribution < -0.4 is 5.32 Å². The van der Waals surface area contributed by atoms with E-state index in [2.05, 4.69) is 15.2 Å². The van der Waals surface area contributed by atoms with Gasteiger partial charge in [0.25, 0.3) is 10.0 Å². The van der Waals surface area contributed by atoms with Crippen LogP contribution in [0, 0.1) is 5.92 Å². The molecule has 12 heteroatoms. The van der Waals surface area contributed by atoms with Gasteiger partial charge in [-0.3, -0.25) is 4.99 Å². The Morgan fingerprint density at radius 3 is 2.56 bits per heavy atom. The van der Waals surface area contributed by atoms with Gasteiger partial charge in [-0.2, -0.15) is 13.1 Å². The van der Waals surface area contributed by atoms with Gasteiger partial charge in [0.1, 0.15) is 0 Å². The lowest BCUT2D eigenvalue weighted by Crippen LogP contribution is -2.52. The third-order valence-corrected chi connectivity index (χ3v) is 6.25. The zero-order valence-electron chi connectivity index (χ0n) is 15.6. The molecule has 2 aliphatic rings. The predicted molar refractivity (Wildman–Crippen MR) is 109 cm³/mol. The van der Waals surface area contributed by atoms with Crippen LogP contribution in [0.2, 0.25) is 0 Å². The molecule has 0 aromatic rings. The average molecular weight is 526 g/mol. The van der Waals surface area contributed by atoms with Crippen LogP contribution in [0.5, 0.6) is 0 Å². The second-order valence-electron chi connectivity index (χ2n) is 6.47. The Morgan fingerprint density at radius 1 is 1.33 bits per heavy atom. The lowest BCUT2D eigenvalue weighted by Gasteiger charge is -2.36. The summed E-state index contributed by atoms with van der Waals surface area (Å²) in [5, 5.41) is 3.31. The van der Waals surface area contributed by atoms with Crippen molar-refractivity contribution in [3.05, 3.63) is 0 Å². The number of guanidine groups is 1. The van der Waals surface area contributed by atoms with Crippen LogP contribution >= 0.6 is 24.0 Å². The number of methoxy groups -OCH3 is 1. The van der Waals surface area contributed by atoms with Crippen LogP contribution in [-0.2, 0) is 19.5 Å². The molecule has 27 heavy (non-hydrogen) atoms. The van der Waals surface area contributed by atoms with Gasteiger partial charge in [-0.1, -0.05) is 0 Å². The smallest absolute Gasteiger partial charge is 0.350 e. The molecule has 1 atom stereocenters. The fourth-order valence-electron chi connectivity index (χ4n) is 3.25. The molecule has 160 valence electrons. The van der Waals surface area contributed by atoms with Gasteiger partial charge in [-0.05, 0) is 18.8 Å². The first kappa shape index (κ1) is 24.7. The van der Waals surface area contributed by atoms with Crippen LogP contribution in [0.15, 0.2) is 4.99 Å². The van der Waals surface area contributed by atoms with Crippen molar-refractivity contribution in [1.29, 1.82) is 0 Å². The molecule has 0 aromatic heterocycles. The van der Waals surface area contributed by atoms with Gasteiger partial charge in [0.05, 0.1) is 19.3 Å². The summed E-state index contributed by atoms with van der Waals surface area (Å²) in [5.74, 6) is -2.37. The minimum atomic E-state index is -4.47. The molecule has 2 aliphatic heterocycles. The molecular weight excluding hydrogens is 497 g/mol. The Morgan fingerprint density at radius 2 is 2.00 bits per heavy atom. The van der Waals surface area contributed by atoms with E-state index in [0.29, 0.717) is 39.1 Å². The number of hydrogen-bond acceptors (Lipinski definition) is 5. The van der Waals surface area contributed by atoms with E-state index < -0.39 is 15.8 Å². The number of sulfonamides is 1. The van der Waals surface area contributed by atoms with Crippen molar-refractivity contribution in [1.82, 2.24) is 14.5 Å². The van der Waals surface area contributed by atoms with Gasteiger partial charge in [0, 0.05) is 46.9 Å². The second kappa shape index (κ2) is 11.6. The third-order valence-electron chi connectivity index (χ3n) is 4.71. The summed E-state index contributed by atoms with van der Waals surface area (Å²) in [6.45, 7) is 3.41. The first-order valence-corrected chi connectivity index (χ1v) is 10.2. The SMILES string of the molecule is CN=C(NCC1CCN(S(=O)(=O)C(F)F)CC1)N1CCOC(COC)C1.I. The molecule has 0 radical (unpaired) electrons. The highest BCUT2D eigenvalue weighted by molar-refractivity contribution is 14.0. The van der Waals surface area contributed by atoms with E-state index in [4.69, 9.17) is 9.47 Å². The topological polar surface area (TPSA) is 83.5 Å². The molecule has 0 spiro atoms. The predicted octanol–water partition coefficient (Wildman–Crippen LogP) is 0.791. The molecule has 2 fully saturated rings. The van der Waals surface area contributed by atoms with E-state index in [0.717, 1.165) is 16.8 Å². The monoisotopic (exact) mass is 526 g/mol. The molecule has 0 aromatic carbocycles. The zero-order valence-corrected chi connectivity index (χ0v) is 18.8. The summed E-state index contributed by atoms with van der Waals surface area (Å²) in [4.78, 5) is 6.40. The van der Waals surface area contributed by atoms with Crippen molar-refractivity contribution in [2.24, 2.45) is 10.9 Å². The van der Waals surface area contributed by atoms with E-state index in [9.17, 15) is 17.2 Å². The van der Waals surface area contributed by atoms with E-state index >= 15 is 0 Å². The summed E-state index contributed by atoms with van der Waals surface area (Å²) in [5.41, 5.74) is 0. The van der Waals surface area contributed by atoms with Crippen LogP contribution in [0.1, 0.15) is 12.8 Å². The molecule has 1 N–H and O–H groups in total. The maximum absolute atomic E-state index is 12.6. The summed E-state index contributed by atoms with van der Waals surface area (Å²) in [6.07, 6.45) is 1.09. The van der Waals surface area contributed by atoms with Crippen molar-refractivity contribution in [2.75, 3.05) is 60.1 Å². The maximum Gasteiger partial charge on any atom is 0.350 e. The standard InChI is InChI=1S/C15H28F2N4O4S.HI/c1-18-15(20-7-8-25-13(10-20)11-24-2)19-9-12-3-5-21(6-4-12)26(22,23)14(16)17;/h12-14H,3-11H2,1-2H3,(H,18,19);1H. The molecule has 2 rings (SSSR count). The van der Waals surface area contributed by atoms with Gasteiger partial charge in [-0.15, -0.1) is 24.0 Å². The van der Waals surface area contributed by atoms with Crippen LogP contribution in [0.4, 0.5) is 8.78 Å². The van der Waals surface area contributed by atoms with Crippen molar-refractivity contribution in [3.63, 3.8) is 0 Å². The summed E-state index contributed by atoms with van der Waals surface area (Å²) in [7, 11) is -1.12. The van der Waals surface area contributed by atoms with E-state index in [1.165, 1.54) is 0 Å². The normalized spacial score (nSPS) is 23.4. The lowest BCUT2D eigenvalue weighted by molar-refractivity contribution is -0.0447. The molecule has 0 bridgehead atoms. The molecule has 0 amide bonds. The van der Waals surface area contributed by atoms with Crippen molar-refractivity contribution in [3.8, 4) is 0 Å². The van der Waals surface area contributed by atoms with Crippen molar-refractivity contribution in [2.45, 2.75) is 24.7 Å². The van der Waals surface area contributed by atoms with E-state index in [-0.39, 0.29) is 49.1 Å². The Balaban J connectivity index is 0.00000364. The largest absolute Gasteiger partial charge is 0.382 e. The minimum Gasteiger partial charge on any atom is -0.382 e.